The fourth-order valence-corrected chi connectivity index (χ4v) is 2.97. The van der Waals surface area contributed by atoms with Crippen molar-refractivity contribution in [3.05, 3.63) is 65.9 Å². The minimum absolute atomic E-state index is 0.333. The molecule has 0 saturated carbocycles. The molecule has 0 aliphatic rings. The fraction of sp³-hybridized carbons (Fsp3) is 0.238. The average molecular weight is 366 g/mol. The lowest BCUT2D eigenvalue weighted by atomic mass is 10.0. The number of hydrogen-bond donors (Lipinski definition) is 2. The molecular weight excluding hydrogens is 344 g/mol. The smallest absolute Gasteiger partial charge is 0.328 e. The summed E-state index contributed by atoms with van der Waals surface area (Å²) in [6.45, 7) is 2.45. The van der Waals surface area contributed by atoms with Crippen molar-refractivity contribution in [2.45, 2.75) is 19.4 Å². The molecule has 0 saturated heterocycles. The van der Waals surface area contributed by atoms with E-state index in [2.05, 4.69) is 10.3 Å². The summed E-state index contributed by atoms with van der Waals surface area (Å²) in [5.41, 5.74) is 2.37. The van der Waals surface area contributed by atoms with E-state index in [-0.39, 0.29) is 5.91 Å². The normalized spacial score (nSPS) is 11.8. The topological polar surface area (TPSA) is 80.4 Å². The van der Waals surface area contributed by atoms with Crippen LogP contribution in [-0.2, 0) is 16.0 Å². The minimum Gasteiger partial charge on any atom is -0.494 e. The van der Waals surface area contributed by atoms with Gasteiger partial charge in [-0.15, -0.1) is 0 Å². The molecule has 0 unspecified atom stereocenters. The largest absolute Gasteiger partial charge is 0.494 e. The van der Waals surface area contributed by atoms with Gasteiger partial charge in [-0.25, -0.2) is 4.79 Å². The third-order valence-corrected chi connectivity index (χ3v) is 4.32. The number of para-hydroxylation sites is 1. The van der Waals surface area contributed by atoms with E-state index in [9.17, 15) is 9.59 Å². The van der Waals surface area contributed by atoms with Crippen LogP contribution in [0.1, 0.15) is 22.8 Å². The maximum atomic E-state index is 12.6. The van der Waals surface area contributed by atoms with Gasteiger partial charge in [0.15, 0.2) is 0 Å². The summed E-state index contributed by atoms with van der Waals surface area (Å²) in [5.74, 6) is -0.134. The van der Waals surface area contributed by atoms with Crippen molar-refractivity contribution in [1.82, 2.24) is 10.3 Å². The molecule has 3 rings (SSSR count). The van der Waals surface area contributed by atoms with E-state index in [4.69, 9.17) is 9.47 Å². The Kier molecular flexibility index (Phi) is 5.76. The number of amides is 1. The first-order chi connectivity index (χ1) is 13.1. The van der Waals surface area contributed by atoms with Crippen LogP contribution in [0.15, 0.2) is 54.7 Å². The van der Waals surface area contributed by atoms with Crippen LogP contribution in [0.25, 0.3) is 10.9 Å². The number of ether oxygens (including phenoxy) is 2. The molecule has 0 spiro atoms. The van der Waals surface area contributed by atoms with Gasteiger partial charge in [0.05, 0.1) is 13.7 Å². The van der Waals surface area contributed by atoms with Crippen LogP contribution in [0, 0.1) is 0 Å². The molecule has 6 heteroatoms. The van der Waals surface area contributed by atoms with Gasteiger partial charge in [-0.05, 0) is 42.8 Å². The summed E-state index contributed by atoms with van der Waals surface area (Å²) in [7, 11) is 1.31. The maximum Gasteiger partial charge on any atom is 0.328 e. The first-order valence-corrected chi connectivity index (χ1v) is 8.79. The summed E-state index contributed by atoms with van der Waals surface area (Å²) in [4.78, 5) is 28.0. The van der Waals surface area contributed by atoms with Crippen molar-refractivity contribution in [2.75, 3.05) is 13.7 Å². The zero-order valence-corrected chi connectivity index (χ0v) is 15.3. The number of aromatic nitrogens is 1. The third kappa shape index (κ3) is 4.28. The summed E-state index contributed by atoms with van der Waals surface area (Å²) >= 11 is 0. The SMILES string of the molecule is CCOc1ccc(C(=O)N[C@H](Cc2c[nH]c3ccccc23)C(=O)OC)cc1. The van der Waals surface area contributed by atoms with Crippen molar-refractivity contribution < 1.29 is 19.1 Å². The lowest BCUT2D eigenvalue weighted by molar-refractivity contribution is -0.142. The molecule has 6 nitrogen and oxygen atoms in total. The van der Waals surface area contributed by atoms with E-state index < -0.39 is 12.0 Å². The Morgan fingerprint density at radius 1 is 1.11 bits per heavy atom. The number of aromatic amines is 1. The Bertz CT molecular complexity index is 931. The number of nitrogens with one attached hydrogen (secondary N) is 2. The van der Waals surface area contributed by atoms with Crippen LogP contribution in [0.4, 0.5) is 0 Å². The Balaban J connectivity index is 1.76. The highest BCUT2D eigenvalue weighted by atomic mass is 16.5. The van der Waals surface area contributed by atoms with E-state index in [1.807, 2.05) is 37.4 Å². The minimum atomic E-state index is -0.784. The molecule has 1 amide bonds. The highest BCUT2D eigenvalue weighted by Gasteiger charge is 2.23. The molecule has 27 heavy (non-hydrogen) atoms. The number of esters is 1. The van der Waals surface area contributed by atoms with Crippen LogP contribution in [0.5, 0.6) is 5.75 Å². The molecule has 2 aromatic carbocycles. The van der Waals surface area contributed by atoms with E-state index in [0.29, 0.717) is 24.3 Å². The monoisotopic (exact) mass is 366 g/mol. The van der Waals surface area contributed by atoms with Gasteiger partial charge in [-0.2, -0.15) is 0 Å². The van der Waals surface area contributed by atoms with E-state index >= 15 is 0 Å². The zero-order valence-electron chi connectivity index (χ0n) is 15.3. The second kappa shape index (κ2) is 8.40. The molecule has 0 aliphatic carbocycles. The average Bonchev–Trinajstić information content (AvgIpc) is 3.10. The second-order valence-electron chi connectivity index (χ2n) is 6.07. The van der Waals surface area contributed by atoms with Gasteiger partial charge in [0.2, 0.25) is 0 Å². The Morgan fingerprint density at radius 2 is 1.85 bits per heavy atom. The summed E-state index contributed by atoms with van der Waals surface area (Å²) in [5, 5.41) is 3.79. The molecular formula is C21H22N2O4. The van der Waals surface area contributed by atoms with Gasteiger partial charge in [0.25, 0.3) is 5.91 Å². The quantitative estimate of drug-likeness (QED) is 0.630. The highest BCUT2D eigenvalue weighted by molar-refractivity contribution is 5.97. The van der Waals surface area contributed by atoms with Crippen LogP contribution in [0.3, 0.4) is 0 Å². The molecule has 3 aromatic rings. The molecule has 0 aliphatic heterocycles. The van der Waals surface area contributed by atoms with E-state index in [1.165, 1.54) is 7.11 Å². The fourth-order valence-electron chi connectivity index (χ4n) is 2.97. The summed E-state index contributed by atoms with van der Waals surface area (Å²) in [6, 6.07) is 13.8. The van der Waals surface area contributed by atoms with Gasteiger partial charge in [-0.1, -0.05) is 18.2 Å². The number of H-pyrrole nitrogens is 1. The zero-order chi connectivity index (χ0) is 19.2. The summed E-state index contributed by atoms with van der Waals surface area (Å²) < 4.78 is 10.3. The number of carbonyl (C=O) groups is 2. The van der Waals surface area contributed by atoms with Crippen LogP contribution in [-0.4, -0.2) is 36.6 Å². The first kappa shape index (κ1) is 18.5. The van der Waals surface area contributed by atoms with Crippen LogP contribution >= 0.6 is 0 Å². The van der Waals surface area contributed by atoms with Crippen molar-refractivity contribution in [3.63, 3.8) is 0 Å². The Labute approximate surface area is 157 Å². The second-order valence-corrected chi connectivity index (χ2v) is 6.07. The van der Waals surface area contributed by atoms with Gasteiger partial charge in [0, 0.05) is 29.1 Å². The van der Waals surface area contributed by atoms with E-state index in [0.717, 1.165) is 16.5 Å². The molecule has 0 bridgehead atoms. The summed E-state index contributed by atoms with van der Waals surface area (Å²) in [6.07, 6.45) is 2.18. The first-order valence-electron chi connectivity index (χ1n) is 8.79. The van der Waals surface area contributed by atoms with Crippen molar-refractivity contribution in [1.29, 1.82) is 0 Å². The van der Waals surface area contributed by atoms with E-state index in [1.54, 1.807) is 24.3 Å². The lowest BCUT2D eigenvalue weighted by Crippen LogP contribution is -2.43. The molecule has 1 aromatic heterocycles. The molecule has 1 atom stereocenters. The predicted octanol–water partition coefficient (Wildman–Crippen LogP) is 3.08. The van der Waals surface area contributed by atoms with Crippen molar-refractivity contribution >= 4 is 22.8 Å². The van der Waals surface area contributed by atoms with Crippen molar-refractivity contribution in [2.24, 2.45) is 0 Å². The van der Waals surface area contributed by atoms with Gasteiger partial charge < -0.3 is 19.8 Å². The number of rotatable bonds is 7. The Morgan fingerprint density at radius 3 is 2.56 bits per heavy atom. The van der Waals surface area contributed by atoms with Crippen LogP contribution in [0.2, 0.25) is 0 Å². The number of fused-ring (bicyclic) bond motifs is 1. The standard InChI is InChI=1S/C21H22N2O4/c1-3-27-16-10-8-14(9-11-16)20(24)23-19(21(25)26-2)12-15-13-22-18-7-5-4-6-17(15)18/h4-11,13,19,22H,3,12H2,1-2H3,(H,23,24)/t19-/m1/s1. The maximum absolute atomic E-state index is 12.6. The number of carbonyl (C=O) groups excluding carboxylic acids is 2. The molecule has 1 heterocycles. The van der Waals surface area contributed by atoms with Gasteiger partial charge >= 0.3 is 5.97 Å². The van der Waals surface area contributed by atoms with Crippen molar-refractivity contribution in [3.8, 4) is 5.75 Å². The van der Waals surface area contributed by atoms with Gasteiger partial charge in [-0.3, -0.25) is 4.79 Å². The molecule has 0 radical (unpaired) electrons. The third-order valence-electron chi connectivity index (χ3n) is 4.32. The number of methoxy groups -OCH3 is 1. The molecule has 2 N–H and O–H groups in total. The number of benzene rings is 2. The Hall–Kier alpha value is -3.28. The molecule has 0 fully saturated rings. The predicted molar refractivity (Wildman–Crippen MR) is 103 cm³/mol. The van der Waals surface area contributed by atoms with Crippen LogP contribution < -0.4 is 10.1 Å². The highest BCUT2D eigenvalue weighted by Crippen LogP contribution is 2.20. The lowest BCUT2D eigenvalue weighted by Gasteiger charge is -2.16. The molecule has 140 valence electrons. The number of hydrogen-bond acceptors (Lipinski definition) is 4. The van der Waals surface area contributed by atoms with Gasteiger partial charge in [0.1, 0.15) is 11.8 Å².